The molecule has 0 saturated heterocycles. The molecule has 11 heteroatoms. The van der Waals surface area contributed by atoms with Gasteiger partial charge in [0.05, 0.1) is 36.1 Å². The highest BCUT2D eigenvalue weighted by Gasteiger charge is 2.39. The van der Waals surface area contributed by atoms with Crippen molar-refractivity contribution in [1.82, 2.24) is 19.6 Å². The van der Waals surface area contributed by atoms with Crippen LogP contribution in [0.4, 0.5) is 17.6 Å². The molecule has 0 amide bonds. The molecule has 37 heavy (non-hydrogen) atoms. The Kier molecular flexibility index (Phi) is 5.98. The highest BCUT2D eigenvalue weighted by Crippen LogP contribution is 2.35. The Morgan fingerprint density at radius 2 is 1.65 bits per heavy atom. The number of ether oxygens (including phenoxy) is 2. The molecule has 5 aromatic rings. The molecule has 0 bridgehead atoms. The van der Waals surface area contributed by atoms with Crippen LogP contribution in [0.25, 0.3) is 39.2 Å². The summed E-state index contributed by atoms with van der Waals surface area (Å²) < 4.78 is 66.4. The lowest BCUT2D eigenvalue weighted by Crippen LogP contribution is -2.17. The highest BCUT2D eigenvalue weighted by molar-refractivity contribution is 5.99. The van der Waals surface area contributed by atoms with Gasteiger partial charge in [0.1, 0.15) is 11.6 Å². The summed E-state index contributed by atoms with van der Waals surface area (Å²) in [5.74, 6) is -0.986. The lowest BCUT2D eigenvalue weighted by molar-refractivity contribution is -0.141. The summed E-state index contributed by atoms with van der Waals surface area (Å²) in [6.45, 7) is 1.38. The molecule has 0 aliphatic carbocycles. The van der Waals surface area contributed by atoms with Crippen LogP contribution >= 0.6 is 0 Å². The number of carbonyl (C=O) groups excluding carboxylic acids is 1. The summed E-state index contributed by atoms with van der Waals surface area (Å²) in [7, 11) is 1.54. The highest BCUT2D eigenvalue weighted by atomic mass is 19.4. The summed E-state index contributed by atoms with van der Waals surface area (Å²) in [4.78, 5) is 20.8. The fraction of sp³-hybridized carbons (Fsp3) is 0.154. The van der Waals surface area contributed by atoms with Gasteiger partial charge < -0.3 is 9.47 Å². The number of alkyl halides is 3. The minimum absolute atomic E-state index is 0.114. The molecule has 0 N–H and O–H groups in total. The molecule has 7 nitrogen and oxygen atoms in total. The molecule has 3 heterocycles. The van der Waals surface area contributed by atoms with E-state index in [1.807, 2.05) is 0 Å². The van der Waals surface area contributed by atoms with Gasteiger partial charge >= 0.3 is 12.1 Å². The van der Waals surface area contributed by atoms with E-state index in [0.717, 1.165) is 6.07 Å². The Labute approximate surface area is 207 Å². The average molecular weight is 510 g/mol. The van der Waals surface area contributed by atoms with E-state index in [9.17, 15) is 22.4 Å². The fourth-order valence-corrected chi connectivity index (χ4v) is 3.93. The number of halogens is 4. The average Bonchev–Trinajstić information content (AvgIpc) is 3.25. The van der Waals surface area contributed by atoms with Crippen LogP contribution in [0.1, 0.15) is 23.0 Å². The Balaban J connectivity index is 1.84. The van der Waals surface area contributed by atoms with Crippen molar-refractivity contribution in [3.05, 3.63) is 77.7 Å². The molecule has 0 radical (unpaired) electrons. The maximum Gasteiger partial charge on any atom is 0.434 e. The first-order valence-corrected chi connectivity index (χ1v) is 11.1. The number of methoxy groups -OCH3 is 1. The van der Waals surface area contributed by atoms with Crippen molar-refractivity contribution in [3.8, 4) is 28.3 Å². The molecule has 0 saturated carbocycles. The number of fused-ring (bicyclic) bond motifs is 3. The number of esters is 1. The van der Waals surface area contributed by atoms with Gasteiger partial charge in [-0.05, 0) is 67.6 Å². The molecule has 0 aliphatic rings. The zero-order valence-corrected chi connectivity index (χ0v) is 19.5. The second-order valence-electron chi connectivity index (χ2n) is 7.97. The molecule has 188 valence electrons. The molecular formula is C26H18F4N4O3. The SMILES string of the molecule is CCOC(=O)c1cc2c(nc1C(F)(F)F)nn1c(-c3ccc(F)cc3)cc(-c3ccc(OC)cc3)nc21. The van der Waals surface area contributed by atoms with Crippen molar-refractivity contribution >= 4 is 22.6 Å². The van der Waals surface area contributed by atoms with Gasteiger partial charge in [-0.2, -0.15) is 13.2 Å². The second-order valence-corrected chi connectivity index (χ2v) is 7.97. The van der Waals surface area contributed by atoms with Crippen molar-refractivity contribution < 1.29 is 31.8 Å². The predicted octanol–water partition coefficient (Wildman–Crippen LogP) is 5.95. The van der Waals surface area contributed by atoms with E-state index in [1.165, 1.54) is 42.8 Å². The van der Waals surface area contributed by atoms with Gasteiger partial charge in [0.25, 0.3) is 0 Å². The molecule has 0 fully saturated rings. The Bertz CT molecular complexity index is 1630. The summed E-state index contributed by atoms with van der Waals surface area (Å²) in [6.07, 6.45) is -4.92. The van der Waals surface area contributed by atoms with Crippen molar-refractivity contribution in [3.63, 3.8) is 0 Å². The first kappa shape index (κ1) is 24.2. The third-order valence-electron chi connectivity index (χ3n) is 5.66. The molecule has 3 aromatic heterocycles. The third-order valence-corrected chi connectivity index (χ3v) is 5.66. The van der Waals surface area contributed by atoms with Crippen LogP contribution in [0.2, 0.25) is 0 Å². The number of benzene rings is 2. The second kappa shape index (κ2) is 9.16. The molecule has 0 aliphatic heterocycles. The van der Waals surface area contributed by atoms with Crippen LogP contribution in [0.3, 0.4) is 0 Å². The van der Waals surface area contributed by atoms with E-state index < -0.39 is 29.2 Å². The molecule has 5 rings (SSSR count). The number of aromatic nitrogens is 4. The van der Waals surface area contributed by atoms with Crippen molar-refractivity contribution in [2.75, 3.05) is 13.7 Å². The van der Waals surface area contributed by atoms with E-state index in [4.69, 9.17) is 9.47 Å². The minimum atomic E-state index is -4.92. The Morgan fingerprint density at radius 3 is 2.27 bits per heavy atom. The van der Waals surface area contributed by atoms with E-state index in [1.54, 1.807) is 30.3 Å². The lowest BCUT2D eigenvalue weighted by Gasteiger charge is -2.11. The number of pyridine rings is 1. The molecule has 0 spiro atoms. The molecule has 2 aromatic carbocycles. The van der Waals surface area contributed by atoms with Crippen molar-refractivity contribution in [2.45, 2.75) is 13.1 Å². The number of hydrogen-bond acceptors (Lipinski definition) is 6. The third kappa shape index (κ3) is 4.44. The van der Waals surface area contributed by atoms with E-state index in [2.05, 4.69) is 15.1 Å². The topological polar surface area (TPSA) is 78.6 Å². The van der Waals surface area contributed by atoms with Gasteiger partial charge in [0, 0.05) is 11.1 Å². The van der Waals surface area contributed by atoms with E-state index in [-0.39, 0.29) is 23.3 Å². The van der Waals surface area contributed by atoms with Gasteiger partial charge in [0.15, 0.2) is 17.0 Å². The van der Waals surface area contributed by atoms with Crippen LogP contribution in [0.15, 0.2) is 60.7 Å². The summed E-state index contributed by atoms with van der Waals surface area (Å²) >= 11 is 0. The molecule has 0 atom stereocenters. The zero-order valence-electron chi connectivity index (χ0n) is 19.5. The Hall–Kier alpha value is -4.54. The maximum absolute atomic E-state index is 13.8. The summed E-state index contributed by atoms with van der Waals surface area (Å²) in [6, 6.07) is 15.3. The normalized spacial score (nSPS) is 11.7. The van der Waals surface area contributed by atoms with Crippen LogP contribution in [0.5, 0.6) is 5.75 Å². The molecular weight excluding hydrogens is 492 g/mol. The minimum Gasteiger partial charge on any atom is -0.497 e. The monoisotopic (exact) mass is 510 g/mol. The van der Waals surface area contributed by atoms with Gasteiger partial charge in [0.2, 0.25) is 0 Å². The van der Waals surface area contributed by atoms with Crippen LogP contribution in [-0.4, -0.2) is 39.3 Å². The van der Waals surface area contributed by atoms with Gasteiger partial charge in [-0.3, -0.25) is 0 Å². The van der Waals surface area contributed by atoms with Crippen molar-refractivity contribution in [1.29, 1.82) is 0 Å². The van der Waals surface area contributed by atoms with Crippen molar-refractivity contribution in [2.24, 2.45) is 0 Å². The van der Waals surface area contributed by atoms with E-state index in [0.29, 0.717) is 28.3 Å². The van der Waals surface area contributed by atoms with Gasteiger partial charge in [-0.15, -0.1) is 5.10 Å². The largest absolute Gasteiger partial charge is 0.497 e. The number of hydrogen-bond donors (Lipinski definition) is 0. The predicted molar refractivity (Wildman–Crippen MR) is 127 cm³/mol. The van der Waals surface area contributed by atoms with E-state index >= 15 is 0 Å². The van der Waals surface area contributed by atoms with Gasteiger partial charge in [-0.25, -0.2) is 23.7 Å². The number of carbonyl (C=O) groups is 1. The Morgan fingerprint density at radius 1 is 0.973 bits per heavy atom. The van der Waals surface area contributed by atoms with Crippen LogP contribution < -0.4 is 4.74 Å². The maximum atomic E-state index is 13.8. The zero-order chi connectivity index (χ0) is 26.3. The fourth-order valence-electron chi connectivity index (χ4n) is 3.93. The number of rotatable bonds is 5. The lowest BCUT2D eigenvalue weighted by atomic mass is 10.1. The van der Waals surface area contributed by atoms with Crippen LogP contribution in [0, 0.1) is 5.82 Å². The van der Waals surface area contributed by atoms with Gasteiger partial charge in [-0.1, -0.05) is 0 Å². The standard InChI is InChI=1S/C26H18F4N4O3/c1-3-37-25(35)18-12-19-23(32-22(18)26(28,29)30)33-34-21(15-4-8-16(27)9-5-15)13-20(31-24(19)34)14-6-10-17(36-2)11-7-14/h4-13H,3H2,1-2H3. The molecule has 0 unspecified atom stereocenters. The quantitative estimate of drug-likeness (QED) is 0.215. The first-order chi connectivity index (χ1) is 17.7. The smallest absolute Gasteiger partial charge is 0.434 e. The summed E-state index contributed by atoms with van der Waals surface area (Å²) in [5, 5.41) is 4.39. The van der Waals surface area contributed by atoms with Crippen LogP contribution in [-0.2, 0) is 10.9 Å². The first-order valence-electron chi connectivity index (χ1n) is 11.1. The summed E-state index contributed by atoms with van der Waals surface area (Å²) in [5.41, 5.74) is -0.117. The number of nitrogens with zero attached hydrogens (tertiary/aromatic N) is 4.